The molecular weight excluding hydrogens is 188 g/mol. The van der Waals surface area contributed by atoms with Gasteiger partial charge in [0.15, 0.2) is 0 Å². The van der Waals surface area contributed by atoms with Gasteiger partial charge in [-0.25, -0.2) is 0 Å². The van der Waals surface area contributed by atoms with E-state index in [0.29, 0.717) is 12.0 Å². The highest BCUT2D eigenvalue weighted by Crippen LogP contribution is 2.36. The topological polar surface area (TPSA) is 42.7 Å². The molecule has 0 radical (unpaired) electrons. The van der Waals surface area contributed by atoms with E-state index in [1.807, 2.05) is 6.33 Å². The van der Waals surface area contributed by atoms with Gasteiger partial charge in [-0.1, -0.05) is 6.42 Å². The van der Waals surface area contributed by atoms with Gasteiger partial charge >= 0.3 is 0 Å². The average molecular weight is 206 g/mol. The average Bonchev–Trinajstić information content (AvgIpc) is 2.65. The highest BCUT2D eigenvalue weighted by molar-refractivity contribution is 5.03. The minimum absolute atomic E-state index is 0.587. The molecule has 1 aromatic heterocycles. The summed E-state index contributed by atoms with van der Waals surface area (Å²) in [6.07, 6.45) is 8.43. The SMILES string of the molecule is c1nnc(C2CCC2)n1C1CCCNC1. The fourth-order valence-corrected chi connectivity index (χ4v) is 2.56. The largest absolute Gasteiger partial charge is 0.315 e. The molecular formula is C11H18N4. The Morgan fingerprint density at radius 3 is 2.87 bits per heavy atom. The van der Waals surface area contributed by atoms with E-state index in [9.17, 15) is 0 Å². The lowest BCUT2D eigenvalue weighted by Crippen LogP contribution is -2.33. The monoisotopic (exact) mass is 206 g/mol. The Kier molecular flexibility index (Phi) is 2.44. The van der Waals surface area contributed by atoms with Gasteiger partial charge in [0.2, 0.25) is 0 Å². The van der Waals surface area contributed by atoms with Crippen LogP contribution in [0.1, 0.15) is 49.9 Å². The first-order chi connectivity index (χ1) is 7.45. The predicted molar refractivity (Wildman–Crippen MR) is 57.8 cm³/mol. The molecule has 3 rings (SSSR count). The van der Waals surface area contributed by atoms with Gasteiger partial charge in [-0.3, -0.25) is 0 Å². The van der Waals surface area contributed by atoms with Crippen molar-refractivity contribution in [3.8, 4) is 0 Å². The minimum atomic E-state index is 0.587. The number of rotatable bonds is 2. The maximum absolute atomic E-state index is 4.30. The molecule has 1 aliphatic heterocycles. The summed E-state index contributed by atoms with van der Waals surface area (Å²) in [6, 6.07) is 0.587. The van der Waals surface area contributed by atoms with Crippen LogP contribution < -0.4 is 5.32 Å². The molecule has 0 amide bonds. The third-order valence-corrected chi connectivity index (χ3v) is 3.74. The standard InChI is InChI=1S/C11H18N4/c1-3-9(4-1)11-14-13-8-15(11)10-5-2-6-12-7-10/h8-10,12H,1-7H2. The van der Waals surface area contributed by atoms with Crippen molar-refractivity contribution in [2.75, 3.05) is 13.1 Å². The van der Waals surface area contributed by atoms with Gasteiger partial charge in [0.05, 0.1) is 0 Å². The Balaban J connectivity index is 1.80. The maximum Gasteiger partial charge on any atom is 0.136 e. The van der Waals surface area contributed by atoms with Crippen molar-refractivity contribution in [3.05, 3.63) is 12.2 Å². The van der Waals surface area contributed by atoms with E-state index in [-0.39, 0.29) is 0 Å². The van der Waals surface area contributed by atoms with E-state index in [2.05, 4.69) is 20.1 Å². The molecule has 0 bridgehead atoms. The zero-order valence-electron chi connectivity index (χ0n) is 9.02. The normalized spacial score (nSPS) is 27.6. The molecule has 1 atom stereocenters. The van der Waals surface area contributed by atoms with Crippen LogP contribution in [0.15, 0.2) is 6.33 Å². The van der Waals surface area contributed by atoms with E-state index in [0.717, 1.165) is 13.1 Å². The van der Waals surface area contributed by atoms with Crippen molar-refractivity contribution in [1.82, 2.24) is 20.1 Å². The molecule has 4 heteroatoms. The first-order valence-electron chi connectivity index (χ1n) is 6.05. The molecule has 1 N–H and O–H groups in total. The maximum atomic E-state index is 4.30. The summed E-state index contributed by atoms with van der Waals surface area (Å²) in [5.41, 5.74) is 0. The van der Waals surface area contributed by atoms with Crippen LogP contribution in [-0.4, -0.2) is 27.9 Å². The lowest BCUT2D eigenvalue weighted by atomic mass is 9.84. The molecule has 1 aliphatic carbocycles. The Hall–Kier alpha value is -0.900. The second-order valence-electron chi connectivity index (χ2n) is 4.72. The Bertz CT molecular complexity index is 323. The highest BCUT2D eigenvalue weighted by Gasteiger charge is 2.27. The van der Waals surface area contributed by atoms with Crippen LogP contribution in [0.2, 0.25) is 0 Å². The van der Waals surface area contributed by atoms with Gasteiger partial charge in [-0.15, -0.1) is 10.2 Å². The number of aromatic nitrogens is 3. The smallest absolute Gasteiger partial charge is 0.136 e. The molecule has 1 saturated heterocycles. The van der Waals surface area contributed by atoms with Crippen molar-refractivity contribution >= 4 is 0 Å². The molecule has 15 heavy (non-hydrogen) atoms. The van der Waals surface area contributed by atoms with E-state index >= 15 is 0 Å². The molecule has 2 aliphatic rings. The molecule has 2 heterocycles. The summed E-state index contributed by atoms with van der Waals surface area (Å²) < 4.78 is 2.32. The summed E-state index contributed by atoms with van der Waals surface area (Å²) in [6.45, 7) is 2.25. The second-order valence-corrected chi connectivity index (χ2v) is 4.72. The molecule has 0 aromatic carbocycles. The molecule has 4 nitrogen and oxygen atoms in total. The summed E-state index contributed by atoms with van der Waals surface area (Å²) >= 11 is 0. The summed E-state index contributed by atoms with van der Waals surface area (Å²) in [4.78, 5) is 0. The lowest BCUT2D eigenvalue weighted by molar-refractivity contribution is 0.329. The Morgan fingerprint density at radius 1 is 1.27 bits per heavy atom. The van der Waals surface area contributed by atoms with E-state index in [1.54, 1.807) is 0 Å². The third-order valence-electron chi connectivity index (χ3n) is 3.74. The molecule has 1 saturated carbocycles. The summed E-state index contributed by atoms with van der Waals surface area (Å²) in [5.74, 6) is 1.92. The fraction of sp³-hybridized carbons (Fsp3) is 0.818. The van der Waals surface area contributed by atoms with E-state index in [4.69, 9.17) is 0 Å². The fourth-order valence-electron chi connectivity index (χ4n) is 2.56. The second kappa shape index (κ2) is 3.93. The van der Waals surface area contributed by atoms with Crippen molar-refractivity contribution in [2.24, 2.45) is 0 Å². The van der Waals surface area contributed by atoms with Gasteiger partial charge in [-0.2, -0.15) is 0 Å². The van der Waals surface area contributed by atoms with Crippen LogP contribution in [-0.2, 0) is 0 Å². The third kappa shape index (κ3) is 1.67. The highest BCUT2D eigenvalue weighted by atomic mass is 15.3. The summed E-state index contributed by atoms with van der Waals surface area (Å²) in [5, 5.41) is 11.8. The Labute approximate surface area is 90.1 Å². The van der Waals surface area contributed by atoms with Crippen molar-refractivity contribution in [2.45, 2.75) is 44.1 Å². The minimum Gasteiger partial charge on any atom is -0.315 e. The van der Waals surface area contributed by atoms with Crippen LogP contribution in [0, 0.1) is 0 Å². The molecule has 1 aromatic rings. The number of nitrogens with zero attached hydrogens (tertiary/aromatic N) is 3. The predicted octanol–water partition coefficient (Wildman–Crippen LogP) is 1.47. The van der Waals surface area contributed by atoms with Crippen molar-refractivity contribution < 1.29 is 0 Å². The van der Waals surface area contributed by atoms with Crippen LogP contribution in [0.4, 0.5) is 0 Å². The van der Waals surface area contributed by atoms with Gasteiger partial charge < -0.3 is 9.88 Å². The van der Waals surface area contributed by atoms with Crippen molar-refractivity contribution in [3.63, 3.8) is 0 Å². The quantitative estimate of drug-likeness (QED) is 0.796. The van der Waals surface area contributed by atoms with Crippen molar-refractivity contribution in [1.29, 1.82) is 0 Å². The molecule has 0 spiro atoms. The molecule has 1 unspecified atom stereocenters. The van der Waals surface area contributed by atoms with Crippen LogP contribution in [0.25, 0.3) is 0 Å². The van der Waals surface area contributed by atoms with Gasteiger partial charge in [0.1, 0.15) is 12.2 Å². The van der Waals surface area contributed by atoms with Gasteiger partial charge in [0, 0.05) is 18.5 Å². The first-order valence-corrected chi connectivity index (χ1v) is 6.05. The molecule has 82 valence electrons. The number of nitrogens with one attached hydrogen (secondary N) is 1. The lowest BCUT2D eigenvalue weighted by Gasteiger charge is -2.30. The zero-order valence-corrected chi connectivity index (χ0v) is 9.02. The van der Waals surface area contributed by atoms with E-state index in [1.165, 1.54) is 37.9 Å². The first kappa shape index (κ1) is 9.33. The molecule has 2 fully saturated rings. The zero-order chi connectivity index (χ0) is 10.1. The van der Waals surface area contributed by atoms with Crippen LogP contribution >= 0.6 is 0 Å². The summed E-state index contributed by atoms with van der Waals surface area (Å²) in [7, 11) is 0. The van der Waals surface area contributed by atoms with Crippen LogP contribution in [0.5, 0.6) is 0 Å². The number of piperidine rings is 1. The van der Waals surface area contributed by atoms with Gasteiger partial charge in [0.25, 0.3) is 0 Å². The van der Waals surface area contributed by atoms with E-state index < -0.39 is 0 Å². The number of hydrogen-bond acceptors (Lipinski definition) is 3. The number of hydrogen-bond donors (Lipinski definition) is 1. The Morgan fingerprint density at radius 2 is 2.20 bits per heavy atom. The van der Waals surface area contributed by atoms with Crippen LogP contribution in [0.3, 0.4) is 0 Å². The van der Waals surface area contributed by atoms with Gasteiger partial charge in [-0.05, 0) is 32.2 Å².